The molecule has 1 fully saturated rings. The summed E-state index contributed by atoms with van der Waals surface area (Å²) in [5, 5.41) is 19.3. The number of ether oxygens (including phenoxy) is 2. The normalized spacial score (nSPS) is 40.9. The second-order valence-corrected chi connectivity index (χ2v) is 4.29. The Kier molecular flexibility index (Phi) is 3.95. The third kappa shape index (κ3) is 1.96. The molecule has 3 unspecified atom stereocenters. The van der Waals surface area contributed by atoms with Crippen molar-refractivity contribution in [2.24, 2.45) is 5.92 Å². The Balaban J connectivity index is 2.78. The molecule has 2 N–H and O–H groups in total. The van der Waals surface area contributed by atoms with Crippen molar-refractivity contribution in [1.29, 1.82) is 0 Å². The van der Waals surface area contributed by atoms with Crippen LogP contribution in [0, 0.1) is 5.92 Å². The Hall–Kier alpha value is -0.0951. The van der Waals surface area contributed by atoms with Gasteiger partial charge in [-0.25, -0.2) is 0 Å². The largest absolute Gasteiger partial charge is 0.393 e. The first kappa shape index (κ1) is 12.0. The highest BCUT2D eigenvalue weighted by Crippen LogP contribution is 2.32. The average molecular weight is 202 g/mol. The molecule has 0 amide bonds. The van der Waals surface area contributed by atoms with E-state index in [4.69, 9.17) is 9.47 Å². The molecule has 4 nitrogen and oxygen atoms in total. The van der Waals surface area contributed by atoms with Gasteiger partial charge in [0, 0.05) is 13.0 Å². The molecule has 82 valence electrons. The molecule has 1 saturated heterocycles. The second-order valence-electron chi connectivity index (χ2n) is 4.29. The minimum atomic E-state index is -0.937. The van der Waals surface area contributed by atoms with Crippen LogP contribution in [0.4, 0.5) is 0 Å². The Morgan fingerprint density at radius 3 is 2.79 bits per heavy atom. The molecule has 5 heteroatoms. The SMILES string of the molecule is B[C@H](C)C1COCC(CO)(OC)C1O. The summed E-state index contributed by atoms with van der Waals surface area (Å²) in [6.07, 6.45) is -0.661. The monoisotopic (exact) mass is 202 g/mol. The molecule has 14 heavy (non-hydrogen) atoms. The highest BCUT2D eigenvalue weighted by atomic mass is 16.6. The lowest BCUT2D eigenvalue weighted by molar-refractivity contribution is -0.214. The first-order valence-electron chi connectivity index (χ1n) is 4.99. The molecule has 0 saturated carbocycles. The van der Waals surface area contributed by atoms with Gasteiger partial charge in [-0.2, -0.15) is 0 Å². The van der Waals surface area contributed by atoms with Gasteiger partial charge in [-0.15, -0.1) is 0 Å². The first-order valence-corrected chi connectivity index (χ1v) is 4.99. The molecule has 1 rings (SSSR count). The van der Waals surface area contributed by atoms with Gasteiger partial charge >= 0.3 is 0 Å². The van der Waals surface area contributed by atoms with Crippen molar-refractivity contribution in [3.05, 3.63) is 0 Å². The molecule has 1 aliphatic heterocycles. The first-order chi connectivity index (χ1) is 6.57. The molecule has 0 spiro atoms. The van der Waals surface area contributed by atoms with E-state index < -0.39 is 11.7 Å². The maximum absolute atomic E-state index is 10.1. The van der Waals surface area contributed by atoms with Crippen molar-refractivity contribution >= 4 is 7.85 Å². The molecule has 4 atom stereocenters. The van der Waals surface area contributed by atoms with Crippen LogP contribution in [0.5, 0.6) is 0 Å². The van der Waals surface area contributed by atoms with E-state index in [1.165, 1.54) is 7.11 Å². The van der Waals surface area contributed by atoms with Crippen molar-refractivity contribution in [1.82, 2.24) is 0 Å². The molecule has 1 aliphatic rings. The van der Waals surface area contributed by atoms with E-state index in [1.54, 1.807) is 0 Å². The average Bonchev–Trinajstić information content (AvgIpc) is 2.18. The van der Waals surface area contributed by atoms with Gasteiger partial charge < -0.3 is 19.7 Å². The Labute approximate surface area is 85.6 Å². The summed E-state index contributed by atoms with van der Waals surface area (Å²) in [6, 6.07) is 0. The van der Waals surface area contributed by atoms with E-state index in [1.807, 2.05) is 14.8 Å². The molecule has 0 aromatic rings. The third-order valence-electron chi connectivity index (χ3n) is 3.13. The minimum Gasteiger partial charge on any atom is -0.393 e. The quantitative estimate of drug-likeness (QED) is 0.565. The standard InChI is InChI=1S/C9H19BO4/c1-6(10)7-3-14-5-9(4-11,13-2)8(7)12/h6-8,11-12H,3-5,10H2,1-2H3/t6-,7?,8?,9?/m1/s1. The second kappa shape index (κ2) is 4.62. The van der Waals surface area contributed by atoms with Crippen molar-refractivity contribution < 1.29 is 19.7 Å². The number of methoxy groups -OCH3 is 1. The van der Waals surface area contributed by atoms with Crippen molar-refractivity contribution in [3.63, 3.8) is 0 Å². The highest BCUT2D eigenvalue weighted by Gasteiger charge is 2.46. The van der Waals surface area contributed by atoms with E-state index in [-0.39, 0.29) is 19.1 Å². The van der Waals surface area contributed by atoms with Crippen LogP contribution in [-0.2, 0) is 9.47 Å². The molecule has 0 radical (unpaired) electrons. The van der Waals surface area contributed by atoms with Gasteiger partial charge in [0.05, 0.1) is 25.9 Å². The summed E-state index contributed by atoms with van der Waals surface area (Å²) in [6.45, 7) is 2.60. The lowest BCUT2D eigenvalue weighted by Gasteiger charge is -2.44. The van der Waals surface area contributed by atoms with E-state index in [2.05, 4.69) is 0 Å². The summed E-state index contributed by atoms with van der Waals surface area (Å²) in [7, 11) is 3.52. The highest BCUT2D eigenvalue weighted by molar-refractivity contribution is 6.11. The van der Waals surface area contributed by atoms with Gasteiger partial charge in [-0.3, -0.25) is 0 Å². The molecule has 1 heterocycles. The maximum atomic E-state index is 10.1. The maximum Gasteiger partial charge on any atom is 0.140 e. The fourth-order valence-electron chi connectivity index (χ4n) is 1.87. The van der Waals surface area contributed by atoms with Crippen molar-refractivity contribution in [3.8, 4) is 0 Å². The van der Waals surface area contributed by atoms with Gasteiger partial charge in [-0.05, 0) is 0 Å². The zero-order valence-corrected chi connectivity index (χ0v) is 9.06. The lowest BCUT2D eigenvalue weighted by atomic mass is 9.71. The summed E-state index contributed by atoms with van der Waals surface area (Å²) < 4.78 is 10.6. The van der Waals surface area contributed by atoms with Crippen LogP contribution in [-0.4, -0.2) is 56.7 Å². The Bertz CT molecular complexity index is 182. The fraction of sp³-hybridized carbons (Fsp3) is 1.00. The Morgan fingerprint density at radius 1 is 1.71 bits per heavy atom. The fourth-order valence-corrected chi connectivity index (χ4v) is 1.87. The predicted molar refractivity (Wildman–Crippen MR) is 55.1 cm³/mol. The van der Waals surface area contributed by atoms with Gasteiger partial charge in [0.25, 0.3) is 0 Å². The van der Waals surface area contributed by atoms with Crippen LogP contribution in [0.3, 0.4) is 0 Å². The third-order valence-corrected chi connectivity index (χ3v) is 3.13. The van der Waals surface area contributed by atoms with Crippen LogP contribution in [0.1, 0.15) is 6.92 Å². The number of aliphatic hydroxyl groups excluding tert-OH is 2. The molecular formula is C9H19BO4. The number of aliphatic hydroxyl groups is 2. The number of hydrogen-bond donors (Lipinski definition) is 2. The van der Waals surface area contributed by atoms with Crippen LogP contribution >= 0.6 is 0 Å². The zero-order chi connectivity index (χ0) is 10.8. The van der Waals surface area contributed by atoms with Crippen LogP contribution in [0.25, 0.3) is 0 Å². The molecule has 0 aromatic heterocycles. The zero-order valence-electron chi connectivity index (χ0n) is 9.06. The van der Waals surface area contributed by atoms with Crippen molar-refractivity contribution in [2.75, 3.05) is 26.9 Å². The molecule has 0 bridgehead atoms. The summed E-state index contributed by atoms with van der Waals surface area (Å²) in [5.74, 6) is 0.335. The van der Waals surface area contributed by atoms with E-state index in [0.29, 0.717) is 12.4 Å². The molecule has 0 aromatic carbocycles. The van der Waals surface area contributed by atoms with Gasteiger partial charge in [0.1, 0.15) is 13.4 Å². The summed E-state index contributed by atoms with van der Waals surface area (Å²) in [4.78, 5) is 0. The van der Waals surface area contributed by atoms with E-state index in [9.17, 15) is 10.2 Å². The van der Waals surface area contributed by atoms with Gasteiger partial charge in [-0.1, -0.05) is 12.7 Å². The van der Waals surface area contributed by atoms with Gasteiger partial charge in [0.2, 0.25) is 0 Å². The van der Waals surface area contributed by atoms with Crippen LogP contribution < -0.4 is 0 Å². The minimum absolute atomic E-state index is 0.0239. The summed E-state index contributed by atoms with van der Waals surface area (Å²) in [5.41, 5.74) is -0.937. The van der Waals surface area contributed by atoms with Crippen LogP contribution in [0.15, 0.2) is 0 Å². The molecule has 0 aliphatic carbocycles. The number of rotatable bonds is 3. The topological polar surface area (TPSA) is 58.9 Å². The Morgan fingerprint density at radius 2 is 2.36 bits per heavy atom. The smallest absolute Gasteiger partial charge is 0.140 e. The van der Waals surface area contributed by atoms with Crippen molar-refractivity contribution in [2.45, 2.75) is 24.4 Å². The predicted octanol–water partition coefficient (Wildman–Crippen LogP) is -1.19. The summed E-state index contributed by atoms with van der Waals surface area (Å²) >= 11 is 0. The van der Waals surface area contributed by atoms with E-state index >= 15 is 0 Å². The number of hydrogen-bond acceptors (Lipinski definition) is 4. The van der Waals surface area contributed by atoms with Gasteiger partial charge in [0.15, 0.2) is 0 Å². The lowest BCUT2D eigenvalue weighted by Crippen LogP contribution is -2.59. The molecular weight excluding hydrogens is 183 g/mol. The van der Waals surface area contributed by atoms with E-state index in [0.717, 1.165) is 0 Å². The van der Waals surface area contributed by atoms with Crippen LogP contribution in [0.2, 0.25) is 5.82 Å².